The molecule has 2 aromatic heterocycles. The van der Waals surface area contributed by atoms with E-state index in [0.717, 1.165) is 37.0 Å². The number of benzene rings is 1. The summed E-state index contributed by atoms with van der Waals surface area (Å²) in [6.07, 6.45) is 3.49. The Kier molecular flexibility index (Phi) is 8.30. The van der Waals surface area contributed by atoms with Crippen molar-refractivity contribution in [1.29, 1.82) is 0 Å². The molecule has 2 N–H and O–H groups in total. The highest BCUT2D eigenvalue weighted by Crippen LogP contribution is 2.45. The smallest absolute Gasteiger partial charge is 0.393 e. The van der Waals surface area contributed by atoms with E-state index in [-0.39, 0.29) is 17.9 Å². The second-order valence-electron chi connectivity index (χ2n) is 11.0. The monoisotopic (exact) mass is 561 g/mol. The fourth-order valence-electron chi connectivity index (χ4n) is 6.38. The first-order chi connectivity index (χ1) is 18.7. The first kappa shape index (κ1) is 27.7. The van der Waals surface area contributed by atoms with Gasteiger partial charge in [-0.25, -0.2) is 9.78 Å². The van der Waals surface area contributed by atoms with Gasteiger partial charge in [-0.15, -0.1) is 11.3 Å². The number of fused-ring (bicyclic) bond motifs is 1. The number of nitrogens with zero attached hydrogens (tertiary/aromatic N) is 2. The van der Waals surface area contributed by atoms with Gasteiger partial charge in [0.15, 0.2) is 0 Å². The van der Waals surface area contributed by atoms with Crippen molar-refractivity contribution in [1.82, 2.24) is 14.9 Å². The average molecular weight is 562 g/mol. The van der Waals surface area contributed by atoms with Gasteiger partial charge >= 0.3 is 12.1 Å². The number of aliphatic carboxylic acids is 1. The molecule has 0 spiro atoms. The van der Waals surface area contributed by atoms with E-state index >= 15 is 0 Å². The molecular weight excluding hydrogens is 527 g/mol. The van der Waals surface area contributed by atoms with Crippen LogP contribution < -0.4 is 5.32 Å². The van der Waals surface area contributed by atoms with Crippen LogP contribution in [0.5, 0.6) is 0 Å². The molecule has 39 heavy (non-hydrogen) atoms. The Bertz CT molecular complexity index is 1300. The third-order valence-electron chi connectivity index (χ3n) is 8.32. The molecule has 210 valence electrons. The maximum atomic E-state index is 14.1. The number of imidazole rings is 1. The van der Waals surface area contributed by atoms with Crippen molar-refractivity contribution >= 4 is 34.2 Å². The Morgan fingerprint density at radius 2 is 1.82 bits per heavy atom. The highest BCUT2D eigenvalue weighted by molar-refractivity contribution is 7.09. The van der Waals surface area contributed by atoms with Crippen molar-refractivity contribution in [2.45, 2.75) is 88.9 Å². The molecule has 1 aromatic carbocycles. The third kappa shape index (κ3) is 6.31. The zero-order valence-electron chi connectivity index (χ0n) is 21.8. The summed E-state index contributed by atoms with van der Waals surface area (Å²) in [6.45, 7) is 0. The largest absolute Gasteiger partial charge is 0.480 e. The van der Waals surface area contributed by atoms with Gasteiger partial charge in [0.05, 0.1) is 17.0 Å². The second-order valence-corrected chi connectivity index (χ2v) is 12.0. The quantitative estimate of drug-likeness (QED) is 0.306. The van der Waals surface area contributed by atoms with Crippen molar-refractivity contribution < 1.29 is 27.9 Å². The summed E-state index contributed by atoms with van der Waals surface area (Å²) < 4.78 is 44.0. The van der Waals surface area contributed by atoms with Gasteiger partial charge in [-0.1, -0.05) is 51.0 Å². The van der Waals surface area contributed by atoms with Crippen LogP contribution in [-0.4, -0.2) is 38.8 Å². The minimum absolute atomic E-state index is 0.0876. The maximum absolute atomic E-state index is 14.1. The number of carboxylic acid groups (broad SMARTS) is 1. The molecule has 1 amide bonds. The number of amides is 1. The van der Waals surface area contributed by atoms with Crippen molar-refractivity contribution in [2.75, 3.05) is 0 Å². The number of carbonyl (C=O) groups is 2. The van der Waals surface area contributed by atoms with Crippen LogP contribution in [0.4, 0.5) is 13.2 Å². The van der Waals surface area contributed by atoms with E-state index in [1.165, 1.54) is 11.3 Å². The first-order valence-electron chi connectivity index (χ1n) is 13.8. The Labute approximate surface area is 229 Å². The molecule has 2 saturated carbocycles. The van der Waals surface area contributed by atoms with Gasteiger partial charge in [-0.2, -0.15) is 13.2 Å². The van der Waals surface area contributed by atoms with E-state index in [2.05, 4.69) is 5.32 Å². The summed E-state index contributed by atoms with van der Waals surface area (Å²) in [5.41, 5.74) is 1.26. The Balaban J connectivity index is 1.45. The highest BCUT2D eigenvalue weighted by Gasteiger charge is 2.47. The predicted octanol–water partition coefficient (Wildman–Crippen LogP) is 7.14. The molecule has 2 aliphatic rings. The summed E-state index contributed by atoms with van der Waals surface area (Å²) in [4.78, 5) is 30.8. The Morgan fingerprint density at radius 3 is 2.51 bits per heavy atom. The standard InChI is InChI=1S/C29H34F3N3O3S/c30-29(31,32)21-10-4-5-11-24(21)35-25-13-12-19(16-22(25)33-26(35)17-20-9-6-14-39-20)27(36)34-23(28(37)38)15-18-7-2-1-3-8-18/h6,9,12-14,16,18,21,23-24H,1-5,7-8,10-11,15,17H2,(H,34,36)(H,37,38)/t21?,23-,24?/m0/s1. The van der Waals surface area contributed by atoms with Crippen molar-refractivity contribution in [3.05, 3.63) is 52.0 Å². The SMILES string of the molecule is O=C(N[C@@H](CC1CCCCC1)C(=O)O)c1ccc2c(c1)nc(Cc1cccs1)n2C1CCCCC1C(F)(F)F. The molecule has 5 rings (SSSR count). The number of aromatic nitrogens is 2. The molecule has 10 heteroatoms. The summed E-state index contributed by atoms with van der Waals surface area (Å²) in [5.74, 6) is -2.21. The van der Waals surface area contributed by atoms with Crippen LogP contribution in [0.3, 0.4) is 0 Å². The van der Waals surface area contributed by atoms with Gasteiger partial charge in [-0.05, 0) is 54.8 Å². The van der Waals surface area contributed by atoms with Crippen LogP contribution >= 0.6 is 11.3 Å². The average Bonchev–Trinajstić information content (AvgIpc) is 3.55. The van der Waals surface area contributed by atoms with E-state index < -0.39 is 36.1 Å². The minimum Gasteiger partial charge on any atom is -0.480 e. The molecule has 0 saturated heterocycles. The zero-order chi connectivity index (χ0) is 27.6. The van der Waals surface area contributed by atoms with Crippen molar-refractivity contribution in [2.24, 2.45) is 11.8 Å². The van der Waals surface area contributed by atoms with Crippen LogP contribution in [0.25, 0.3) is 11.0 Å². The van der Waals surface area contributed by atoms with Gasteiger partial charge in [-0.3, -0.25) is 4.79 Å². The summed E-state index contributed by atoms with van der Waals surface area (Å²) >= 11 is 1.53. The number of carbonyl (C=O) groups excluding carboxylic acids is 1. The summed E-state index contributed by atoms with van der Waals surface area (Å²) in [5, 5.41) is 14.3. The van der Waals surface area contributed by atoms with Gasteiger partial charge in [0.2, 0.25) is 0 Å². The van der Waals surface area contributed by atoms with E-state index in [1.807, 2.05) is 17.5 Å². The van der Waals surface area contributed by atoms with Crippen molar-refractivity contribution in [3.8, 4) is 0 Å². The topological polar surface area (TPSA) is 84.2 Å². The van der Waals surface area contributed by atoms with E-state index in [9.17, 15) is 27.9 Å². The molecule has 0 radical (unpaired) electrons. The first-order valence-corrected chi connectivity index (χ1v) is 14.7. The number of hydrogen-bond donors (Lipinski definition) is 2. The van der Waals surface area contributed by atoms with Gasteiger partial charge in [0.1, 0.15) is 11.9 Å². The normalized spacial score (nSPS) is 21.6. The Hall–Kier alpha value is -2.88. The molecule has 0 aliphatic heterocycles. The summed E-state index contributed by atoms with van der Waals surface area (Å²) in [7, 11) is 0. The third-order valence-corrected chi connectivity index (χ3v) is 9.19. The minimum atomic E-state index is -4.31. The number of rotatable bonds is 8. The van der Waals surface area contributed by atoms with Gasteiger partial charge in [0, 0.05) is 22.9 Å². The number of alkyl halides is 3. The van der Waals surface area contributed by atoms with E-state index in [1.54, 1.807) is 22.8 Å². The lowest BCUT2D eigenvalue weighted by Gasteiger charge is -2.35. The molecule has 2 heterocycles. The fraction of sp³-hybridized carbons (Fsp3) is 0.552. The maximum Gasteiger partial charge on any atom is 0.393 e. The number of halogens is 3. The van der Waals surface area contributed by atoms with Gasteiger partial charge in [0.25, 0.3) is 5.91 Å². The van der Waals surface area contributed by atoms with Crippen LogP contribution in [0.1, 0.15) is 91.3 Å². The predicted molar refractivity (Wildman–Crippen MR) is 144 cm³/mol. The number of carboxylic acids is 1. The number of thiophene rings is 1. The van der Waals surface area contributed by atoms with Crippen LogP contribution in [0.15, 0.2) is 35.7 Å². The fourth-order valence-corrected chi connectivity index (χ4v) is 7.08. The van der Waals surface area contributed by atoms with Crippen LogP contribution in [0.2, 0.25) is 0 Å². The van der Waals surface area contributed by atoms with Crippen molar-refractivity contribution in [3.63, 3.8) is 0 Å². The number of hydrogen-bond acceptors (Lipinski definition) is 4. The van der Waals surface area contributed by atoms with Gasteiger partial charge < -0.3 is 15.0 Å². The highest BCUT2D eigenvalue weighted by atomic mass is 32.1. The second kappa shape index (κ2) is 11.7. The summed E-state index contributed by atoms with van der Waals surface area (Å²) in [6, 6.07) is 6.89. The molecule has 3 aromatic rings. The lowest BCUT2D eigenvalue weighted by Crippen LogP contribution is -2.42. The lowest BCUT2D eigenvalue weighted by atomic mass is 9.83. The zero-order valence-corrected chi connectivity index (χ0v) is 22.6. The number of nitrogens with one attached hydrogen (secondary N) is 1. The Morgan fingerprint density at radius 1 is 1.08 bits per heavy atom. The molecule has 6 nitrogen and oxygen atoms in total. The van der Waals surface area contributed by atoms with E-state index in [0.29, 0.717) is 49.0 Å². The molecule has 2 fully saturated rings. The van der Waals surface area contributed by atoms with Crippen LogP contribution in [-0.2, 0) is 11.2 Å². The molecule has 3 atom stereocenters. The molecular formula is C29H34F3N3O3S. The van der Waals surface area contributed by atoms with Crippen LogP contribution in [0, 0.1) is 11.8 Å². The van der Waals surface area contributed by atoms with E-state index in [4.69, 9.17) is 4.98 Å². The molecule has 0 bridgehead atoms. The molecule has 2 unspecified atom stereocenters. The lowest BCUT2D eigenvalue weighted by molar-refractivity contribution is -0.193. The molecule has 2 aliphatic carbocycles.